The van der Waals surface area contributed by atoms with Crippen LogP contribution >= 0.6 is 11.8 Å². The Morgan fingerprint density at radius 3 is 3.00 bits per heavy atom. The molecule has 0 aliphatic rings. The van der Waals surface area contributed by atoms with Gasteiger partial charge >= 0.3 is 0 Å². The summed E-state index contributed by atoms with van der Waals surface area (Å²) in [7, 11) is 0. The second kappa shape index (κ2) is 5.88. The molecule has 0 saturated carbocycles. The Morgan fingerprint density at radius 1 is 1.57 bits per heavy atom. The van der Waals surface area contributed by atoms with E-state index in [9.17, 15) is 0 Å². The van der Waals surface area contributed by atoms with Gasteiger partial charge in [-0.15, -0.1) is 0 Å². The number of nitrogens with zero attached hydrogens (tertiary/aromatic N) is 1. The third-order valence-electron chi connectivity index (χ3n) is 1.82. The molecule has 1 atom stereocenters. The van der Waals surface area contributed by atoms with Crippen LogP contribution in [-0.4, -0.2) is 23.6 Å². The van der Waals surface area contributed by atoms with Crippen LogP contribution < -0.4 is 10.5 Å². The van der Waals surface area contributed by atoms with Crippen molar-refractivity contribution in [3.8, 4) is 5.75 Å². The standard InChI is InChI=1S/C10H16N2OS/c1-3-13-9-4-8(5-12-6-9)10(11)7-14-2/h4-6,10H,3,7,11H2,1-2H3. The molecule has 0 amide bonds. The lowest BCUT2D eigenvalue weighted by molar-refractivity contribution is 0.338. The molecule has 0 bridgehead atoms. The maximum Gasteiger partial charge on any atom is 0.137 e. The first-order chi connectivity index (χ1) is 6.77. The van der Waals surface area contributed by atoms with Crippen molar-refractivity contribution in [1.82, 2.24) is 4.98 Å². The summed E-state index contributed by atoms with van der Waals surface area (Å²) >= 11 is 1.73. The highest BCUT2D eigenvalue weighted by atomic mass is 32.2. The Kier molecular flexibility index (Phi) is 4.76. The summed E-state index contributed by atoms with van der Waals surface area (Å²) in [6.07, 6.45) is 5.54. The number of hydrogen-bond acceptors (Lipinski definition) is 4. The highest BCUT2D eigenvalue weighted by molar-refractivity contribution is 7.98. The lowest BCUT2D eigenvalue weighted by Gasteiger charge is -2.11. The van der Waals surface area contributed by atoms with E-state index in [1.807, 2.05) is 19.2 Å². The van der Waals surface area contributed by atoms with E-state index in [1.54, 1.807) is 24.2 Å². The molecule has 2 N–H and O–H groups in total. The summed E-state index contributed by atoms with van der Waals surface area (Å²) in [5, 5.41) is 0. The van der Waals surface area contributed by atoms with Gasteiger partial charge in [0.1, 0.15) is 5.75 Å². The van der Waals surface area contributed by atoms with Gasteiger partial charge in [0.15, 0.2) is 0 Å². The van der Waals surface area contributed by atoms with Crippen LogP contribution in [0.15, 0.2) is 18.5 Å². The van der Waals surface area contributed by atoms with Crippen molar-refractivity contribution >= 4 is 11.8 Å². The summed E-state index contributed by atoms with van der Waals surface area (Å²) < 4.78 is 5.35. The third kappa shape index (κ3) is 3.20. The number of nitrogens with two attached hydrogens (primary N) is 1. The predicted octanol–water partition coefficient (Wildman–Crippen LogP) is 1.84. The smallest absolute Gasteiger partial charge is 0.137 e. The zero-order valence-corrected chi connectivity index (χ0v) is 9.38. The fourth-order valence-corrected chi connectivity index (χ4v) is 1.71. The molecule has 78 valence electrons. The number of pyridine rings is 1. The molecule has 0 saturated heterocycles. The zero-order chi connectivity index (χ0) is 10.4. The molecule has 1 rings (SSSR count). The molecular formula is C10H16N2OS. The van der Waals surface area contributed by atoms with Crippen molar-refractivity contribution in [2.75, 3.05) is 18.6 Å². The molecule has 0 aromatic carbocycles. The molecule has 4 heteroatoms. The van der Waals surface area contributed by atoms with Crippen molar-refractivity contribution in [3.63, 3.8) is 0 Å². The van der Waals surface area contributed by atoms with Gasteiger partial charge in [0, 0.05) is 18.0 Å². The number of aromatic nitrogens is 1. The molecule has 0 fully saturated rings. The van der Waals surface area contributed by atoms with Crippen LogP contribution in [0, 0.1) is 0 Å². The highest BCUT2D eigenvalue weighted by Gasteiger charge is 2.06. The van der Waals surface area contributed by atoms with Gasteiger partial charge in [0.2, 0.25) is 0 Å². The van der Waals surface area contributed by atoms with Crippen LogP contribution in [-0.2, 0) is 0 Å². The van der Waals surface area contributed by atoms with Crippen LogP contribution in [0.2, 0.25) is 0 Å². The monoisotopic (exact) mass is 212 g/mol. The maximum absolute atomic E-state index is 5.95. The second-order valence-electron chi connectivity index (χ2n) is 2.95. The number of thioether (sulfide) groups is 1. The van der Waals surface area contributed by atoms with E-state index >= 15 is 0 Å². The SMILES string of the molecule is CCOc1cncc(C(N)CSC)c1. The number of rotatable bonds is 5. The van der Waals surface area contributed by atoms with Gasteiger partial charge in [0.25, 0.3) is 0 Å². The lowest BCUT2D eigenvalue weighted by Crippen LogP contribution is -2.13. The van der Waals surface area contributed by atoms with Gasteiger partial charge < -0.3 is 10.5 Å². The Morgan fingerprint density at radius 2 is 2.36 bits per heavy atom. The van der Waals surface area contributed by atoms with Gasteiger partial charge in [-0.1, -0.05) is 0 Å². The minimum absolute atomic E-state index is 0.0397. The van der Waals surface area contributed by atoms with Gasteiger partial charge in [0.05, 0.1) is 12.8 Å². The molecule has 1 aromatic heterocycles. The van der Waals surface area contributed by atoms with E-state index in [4.69, 9.17) is 10.5 Å². The predicted molar refractivity (Wildman–Crippen MR) is 60.7 cm³/mol. The van der Waals surface area contributed by atoms with E-state index < -0.39 is 0 Å². The average molecular weight is 212 g/mol. The Labute approximate surface area is 89.1 Å². The van der Waals surface area contributed by atoms with Crippen LogP contribution in [0.4, 0.5) is 0 Å². The van der Waals surface area contributed by atoms with E-state index in [1.165, 1.54) is 0 Å². The van der Waals surface area contributed by atoms with E-state index in [0.717, 1.165) is 17.1 Å². The fourth-order valence-electron chi connectivity index (χ4n) is 1.16. The van der Waals surface area contributed by atoms with Crippen molar-refractivity contribution in [2.24, 2.45) is 5.73 Å². The van der Waals surface area contributed by atoms with Crippen molar-refractivity contribution in [2.45, 2.75) is 13.0 Å². The Bertz CT molecular complexity index is 281. The summed E-state index contributed by atoms with van der Waals surface area (Å²) in [6.45, 7) is 2.61. The third-order valence-corrected chi connectivity index (χ3v) is 2.51. The number of hydrogen-bond donors (Lipinski definition) is 1. The molecule has 14 heavy (non-hydrogen) atoms. The quantitative estimate of drug-likeness (QED) is 0.809. The van der Waals surface area contributed by atoms with Gasteiger partial charge in [-0.2, -0.15) is 11.8 Å². The largest absolute Gasteiger partial charge is 0.492 e. The summed E-state index contributed by atoms with van der Waals surface area (Å²) in [5.74, 6) is 1.69. The Hall–Kier alpha value is -0.740. The van der Waals surface area contributed by atoms with Crippen molar-refractivity contribution in [3.05, 3.63) is 24.0 Å². The van der Waals surface area contributed by atoms with Crippen molar-refractivity contribution < 1.29 is 4.74 Å². The lowest BCUT2D eigenvalue weighted by atomic mass is 10.1. The second-order valence-corrected chi connectivity index (χ2v) is 3.86. The molecule has 1 aromatic rings. The maximum atomic E-state index is 5.95. The van der Waals surface area contributed by atoms with Crippen molar-refractivity contribution in [1.29, 1.82) is 0 Å². The van der Waals surface area contributed by atoms with Crippen LogP contribution in [0.5, 0.6) is 5.75 Å². The zero-order valence-electron chi connectivity index (χ0n) is 8.56. The van der Waals surface area contributed by atoms with E-state index in [2.05, 4.69) is 4.98 Å². The first-order valence-electron chi connectivity index (χ1n) is 4.60. The molecule has 1 heterocycles. The summed E-state index contributed by atoms with van der Waals surface area (Å²) in [6, 6.07) is 2.00. The Balaban J connectivity index is 2.71. The first kappa shape index (κ1) is 11.3. The molecular weight excluding hydrogens is 196 g/mol. The highest BCUT2D eigenvalue weighted by Crippen LogP contribution is 2.18. The summed E-state index contributed by atoms with van der Waals surface area (Å²) in [4.78, 5) is 4.09. The van der Waals surface area contributed by atoms with Crippen LogP contribution in [0.25, 0.3) is 0 Å². The normalized spacial score (nSPS) is 12.5. The minimum atomic E-state index is 0.0397. The number of ether oxygens (including phenoxy) is 1. The average Bonchev–Trinajstić information content (AvgIpc) is 2.19. The summed E-state index contributed by atoms with van der Waals surface area (Å²) in [5.41, 5.74) is 6.99. The van der Waals surface area contributed by atoms with Gasteiger partial charge in [-0.25, -0.2) is 0 Å². The minimum Gasteiger partial charge on any atom is -0.492 e. The van der Waals surface area contributed by atoms with E-state index in [0.29, 0.717) is 6.61 Å². The topological polar surface area (TPSA) is 48.1 Å². The van der Waals surface area contributed by atoms with Crippen LogP contribution in [0.1, 0.15) is 18.5 Å². The molecule has 0 aliphatic heterocycles. The first-order valence-corrected chi connectivity index (χ1v) is 5.99. The van der Waals surface area contributed by atoms with E-state index in [-0.39, 0.29) is 6.04 Å². The molecule has 3 nitrogen and oxygen atoms in total. The fraction of sp³-hybridized carbons (Fsp3) is 0.500. The van der Waals surface area contributed by atoms with Crippen LogP contribution in [0.3, 0.4) is 0 Å². The molecule has 0 spiro atoms. The molecule has 1 unspecified atom stereocenters. The van der Waals surface area contributed by atoms with Gasteiger partial charge in [-0.3, -0.25) is 4.98 Å². The molecule has 0 radical (unpaired) electrons. The molecule has 0 aliphatic carbocycles. The van der Waals surface area contributed by atoms with Gasteiger partial charge in [-0.05, 0) is 24.8 Å².